The van der Waals surface area contributed by atoms with E-state index in [1.165, 1.54) is 0 Å². The van der Waals surface area contributed by atoms with Crippen LogP contribution in [0.2, 0.25) is 0 Å². The van der Waals surface area contributed by atoms with Crippen molar-refractivity contribution in [2.24, 2.45) is 5.73 Å². The first-order valence-corrected chi connectivity index (χ1v) is 9.55. The summed E-state index contributed by atoms with van der Waals surface area (Å²) in [4.78, 5) is 15.9. The van der Waals surface area contributed by atoms with Crippen molar-refractivity contribution < 1.29 is 14.6 Å². The van der Waals surface area contributed by atoms with Gasteiger partial charge in [0.1, 0.15) is 12.4 Å². The van der Waals surface area contributed by atoms with Gasteiger partial charge in [0, 0.05) is 24.1 Å². The first-order chi connectivity index (χ1) is 14.1. The number of nitrogens with zero attached hydrogens (tertiary/aromatic N) is 1. The highest BCUT2D eigenvalue weighted by molar-refractivity contribution is 5.79. The number of benzene rings is 2. The summed E-state index contributed by atoms with van der Waals surface area (Å²) in [6.07, 6.45) is 4.94. The van der Waals surface area contributed by atoms with E-state index in [9.17, 15) is 4.79 Å². The zero-order chi connectivity index (χ0) is 20.2. The van der Waals surface area contributed by atoms with Gasteiger partial charge in [-0.2, -0.15) is 0 Å². The normalized spacial score (nSPS) is 12.0. The SMILES string of the molecule is NCc1cccc(-c2cc(COc3ccccc3CC(=O)O)nc3c2C=CC3)c1. The number of hydrogen-bond donors (Lipinski definition) is 2. The van der Waals surface area contributed by atoms with Gasteiger partial charge in [-0.3, -0.25) is 9.78 Å². The van der Waals surface area contributed by atoms with Crippen LogP contribution in [0.4, 0.5) is 0 Å². The molecule has 146 valence electrons. The van der Waals surface area contributed by atoms with E-state index in [2.05, 4.69) is 24.3 Å². The molecule has 0 spiro atoms. The fourth-order valence-corrected chi connectivity index (χ4v) is 3.58. The Bertz CT molecular complexity index is 1090. The van der Waals surface area contributed by atoms with E-state index in [0.29, 0.717) is 17.9 Å². The van der Waals surface area contributed by atoms with Gasteiger partial charge in [-0.25, -0.2) is 0 Å². The average molecular weight is 386 g/mol. The van der Waals surface area contributed by atoms with Gasteiger partial charge in [-0.15, -0.1) is 0 Å². The summed E-state index contributed by atoms with van der Waals surface area (Å²) in [6, 6.07) is 17.5. The van der Waals surface area contributed by atoms with Crippen LogP contribution in [0.1, 0.15) is 28.1 Å². The van der Waals surface area contributed by atoms with E-state index in [1.807, 2.05) is 30.3 Å². The molecule has 0 saturated heterocycles. The zero-order valence-corrected chi connectivity index (χ0v) is 16.0. The number of pyridine rings is 1. The van der Waals surface area contributed by atoms with Crippen LogP contribution in [0.15, 0.2) is 60.7 Å². The van der Waals surface area contributed by atoms with Crippen molar-refractivity contribution in [3.8, 4) is 16.9 Å². The van der Waals surface area contributed by atoms with Gasteiger partial charge in [-0.05, 0) is 34.9 Å². The summed E-state index contributed by atoms with van der Waals surface area (Å²) in [5, 5.41) is 9.10. The molecule has 0 bridgehead atoms. The van der Waals surface area contributed by atoms with Crippen molar-refractivity contribution in [1.82, 2.24) is 4.98 Å². The predicted molar refractivity (Wildman–Crippen MR) is 112 cm³/mol. The van der Waals surface area contributed by atoms with E-state index in [1.54, 1.807) is 12.1 Å². The maximum absolute atomic E-state index is 11.1. The monoisotopic (exact) mass is 386 g/mol. The van der Waals surface area contributed by atoms with Crippen molar-refractivity contribution >= 4 is 12.0 Å². The maximum atomic E-state index is 11.1. The number of para-hydroxylation sites is 1. The Morgan fingerprint density at radius 2 is 2.00 bits per heavy atom. The first kappa shape index (κ1) is 18.9. The summed E-state index contributed by atoms with van der Waals surface area (Å²) in [5.41, 5.74) is 12.7. The van der Waals surface area contributed by atoms with Crippen molar-refractivity contribution in [1.29, 1.82) is 0 Å². The molecule has 4 rings (SSSR count). The third-order valence-corrected chi connectivity index (χ3v) is 4.95. The minimum absolute atomic E-state index is 0.0746. The van der Waals surface area contributed by atoms with Gasteiger partial charge < -0.3 is 15.6 Å². The van der Waals surface area contributed by atoms with E-state index in [-0.39, 0.29) is 13.0 Å². The molecule has 1 heterocycles. The van der Waals surface area contributed by atoms with Crippen LogP contribution < -0.4 is 10.5 Å². The molecule has 0 fully saturated rings. The molecular weight excluding hydrogens is 364 g/mol. The molecular formula is C24H22N2O3. The van der Waals surface area contributed by atoms with Crippen LogP contribution in [0.25, 0.3) is 17.2 Å². The molecule has 5 nitrogen and oxygen atoms in total. The standard InChI is InChI=1S/C24H22N2O3/c25-14-16-5-3-7-17(11-16)21-13-19(26-22-9-4-8-20(21)22)15-29-23-10-2-1-6-18(23)12-24(27)28/h1-8,10-11,13H,9,12,14-15,25H2,(H,27,28). The van der Waals surface area contributed by atoms with Gasteiger partial charge in [-0.1, -0.05) is 48.6 Å². The number of carboxylic acids is 1. The van der Waals surface area contributed by atoms with Crippen molar-refractivity contribution in [2.45, 2.75) is 26.0 Å². The third kappa shape index (κ3) is 4.20. The second kappa shape index (κ2) is 8.29. The third-order valence-electron chi connectivity index (χ3n) is 4.95. The molecule has 3 N–H and O–H groups in total. The highest BCUT2D eigenvalue weighted by atomic mass is 16.5. The molecule has 2 aromatic carbocycles. The first-order valence-electron chi connectivity index (χ1n) is 9.55. The topological polar surface area (TPSA) is 85.4 Å². The van der Waals surface area contributed by atoms with Crippen LogP contribution in [0, 0.1) is 0 Å². The largest absolute Gasteiger partial charge is 0.487 e. The van der Waals surface area contributed by atoms with E-state index >= 15 is 0 Å². The molecule has 0 saturated carbocycles. The fraction of sp³-hybridized carbons (Fsp3) is 0.167. The number of fused-ring (bicyclic) bond motifs is 1. The fourth-order valence-electron chi connectivity index (χ4n) is 3.58. The number of ether oxygens (including phenoxy) is 1. The summed E-state index contributed by atoms with van der Waals surface area (Å²) in [7, 11) is 0. The van der Waals surface area contributed by atoms with Gasteiger partial charge in [0.05, 0.1) is 17.8 Å². The summed E-state index contributed by atoms with van der Waals surface area (Å²) in [6.45, 7) is 0.765. The molecule has 0 radical (unpaired) electrons. The molecule has 1 aliphatic carbocycles. The molecule has 0 unspecified atom stereocenters. The molecule has 1 aliphatic rings. The minimum atomic E-state index is -0.884. The lowest BCUT2D eigenvalue weighted by Crippen LogP contribution is -2.06. The van der Waals surface area contributed by atoms with Crippen LogP contribution >= 0.6 is 0 Å². The number of nitrogens with two attached hydrogens (primary N) is 1. The number of aliphatic carboxylic acids is 1. The quantitative estimate of drug-likeness (QED) is 0.641. The Labute approximate surface area is 169 Å². The number of rotatable bonds is 7. The Hall–Kier alpha value is -3.44. The number of hydrogen-bond acceptors (Lipinski definition) is 4. The van der Waals surface area contributed by atoms with Crippen LogP contribution in [0.3, 0.4) is 0 Å². The predicted octanol–water partition coefficient (Wildman–Crippen LogP) is 3.98. The van der Waals surface area contributed by atoms with E-state index < -0.39 is 5.97 Å². The molecule has 0 amide bonds. The summed E-state index contributed by atoms with van der Waals surface area (Å²) < 4.78 is 5.95. The minimum Gasteiger partial charge on any atom is -0.487 e. The van der Waals surface area contributed by atoms with Gasteiger partial charge in [0.15, 0.2) is 0 Å². The average Bonchev–Trinajstić information content (AvgIpc) is 3.21. The molecule has 29 heavy (non-hydrogen) atoms. The number of allylic oxidation sites excluding steroid dienone is 1. The molecule has 1 aromatic heterocycles. The van der Waals surface area contributed by atoms with Crippen LogP contribution in [-0.4, -0.2) is 16.1 Å². The van der Waals surface area contributed by atoms with E-state index in [0.717, 1.165) is 40.1 Å². The lowest BCUT2D eigenvalue weighted by molar-refractivity contribution is -0.136. The second-order valence-electron chi connectivity index (χ2n) is 7.00. The van der Waals surface area contributed by atoms with Gasteiger partial charge >= 0.3 is 5.97 Å². The van der Waals surface area contributed by atoms with E-state index in [4.69, 9.17) is 20.6 Å². The van der Waals surface area contributed by atoms with Gasteiger partial charge in [0.25, 0.3) is 0 Å². The smallest absolute Gasteiger partial charge is 0.307 e. The summed E-state index contributed by atoms with van der Waals surface area (Å²) >= 11 is 0. The van der Waals surface area contributed by atoms with Crippen molar-refractivity contribution in [3.05, 3.63) is 88.8 Å². The van der Waals surface area contributed by atoms with Crippen LogP contribution in [0.5, 0.6) is 5.75 Å². The van der Waals surface area contributed by atoms with Gasteiger partial charge in [0.2, 0.25) is 0 Å². The Balaban J connectivity index is 1.64. The van der Waals surface area contributed by atoms with Crippen LogP contribution in [-0.2, 0) is 30.8 Å². The Morgan fingerprint density at radius 3 is 2.83 bits per heavy atom. The highest BCUT2D eigenvalue weighted by Crippen LogP contribution is 2.32. The molecule has 5 heteroatoms. The van der Waals surface area contributed by atoms with Crippen molar-refractivity contribution in [3.63, 3.8) is 0 Å². The second-order valence-corrected chi connectivity index (χ2v) is 7.00. The lowest BCUT2D eigenvalue weighted by atomic mass is 9.97. The number of aromatic nitrogens is 1. The highest BCUT2D eigenvalue weighted by Gasteiger charge is 2.16. The Kier molecular flexibility index (Phi) is 5.40. The molecule has 0 aliphatic heterocycles. The molecule has 0 atom stereocenters. The maximum Gasteiger partial charge on any atom is 0.307 e. The Morgan fingerprint density at radius 1 is 1.14 bits per heavy atom. The summed E-state index contributed by atoms with van der Waals surface area (Å²) in [5.74, 6) is -0.313. The zero-order valence-electron chi connectivity index (χ0n) is 16.0. The van der Waals surface area contributed by atoms with Crippen molar-refractivity contribution in [2.75, 3.05) is 0 Å². The molecule has 3 aromatic rings. The number of carboxylic acid groups (broad SMARTS) is 1. The lowest BCUT2D eigenvalue weighted by Gasteiger charge is -2.14. The number of carbonyl (C=O) groups is 1.